The van der Waals surface area contributed by atoms with Gasteiger partial charge in [0.25, 0.3) is 5.78 Å². The monoisotopic (exact) mass is 367 g/mol. The number of benzene rings is 1. The molecule has 0 fully saturated rings. The molecule has 3 rings (SSSR count). The summed E-state index contributed by atoms with van der Waals surface area (Å²) in [6.07, 6.45) is 0.207. The van der Waals surface area contributed by atoms with Gasteiger partial charge in [0.15, 0.2) is 0 Å². The zero-order chi connectivity index (χ0) is 19.6. The van der Waals surface area contributed by atoms with Crippen molar-refractivity contribution in [2.24, 2.45) is 0 Å². The van der Waals surface area contributed by atoms with E-state index in [0.717, 1.165) is 41.4 Å². The highest BCUT2D eigenvalue weighted by Crippen LogP contribution is 2.19. The first-order chi connectivity index (χ1) is 12.9. The summed E-state index contributed by atoms with van der Waals surface area (Å²) in [4.78, 5) is 23.3. The molecule has 0 spiro atoms. The third-order valence-corrected chi connectivity index (χ3v) is 4.68. The van der Waals surface area contributed by atoms with Crippen molar-refractivity contribution in [3.8, 4) is 0 Å². The molecule has 0 saturated heterocycles. The van der Waals surface area contributed by atoms with E-state index in [1.165, 1.54) is 0 Å². The molecule has 3 aromatic rings. The average molecular weight is 367 g/mol. The summed E-state index contributed by atoms with van der Waals surface area (Å²) in [6.45, 7) is 9.89. The van der Waals surface area contributed by atoms with Crippen molar-refractivity contribution >= 4 is 29.0 Å². The Labute approximate surface area is 158 Å². The van der Waals surface area contributed by atoms with Crippen LogP contribution in [0.4, 0.5) is 17.3 Å². The van der Waals surface area contributed by atoms with Crippen LogP contribution in [0, 0.1) is 13.8 Å². The number of anilines is 3. The largest absolute Gasteiger partial charge is 0.372 e. The van der Waals surface area contributed by atoms with Crippen LogP contribution in [0.2, 0.25) is 0 Å². The van der Waals surface area contributed by atoms with Crippen molar-refractivity contribution in [1.82, 2.24) is 19.6 Å². The minimum atomic E-state index is -0.106. The van der Waals surface area contributed by atoms with Gasteiger partial charge in [-0.05, 0) is 52.0 Å². The summed E-state index contributed by atoms with van der Waals surface area (Å²) in [7, 11) is 0. The van der Waals surface area contributed by atoms with Crippen molar-refractivity contribution < 1.29 is 4.79 Å². The van der Waals surface area contributed by atoms with Gasteiger partial charge in [0, 0.05) is 41.4 Å². The van der Waals surface area contributed by atoms with E-state index < -0.39 is 0 Å². The summed E-state index contributed by atoms with van der Waals surface area (Å²) in [5, 5.41) is 7.08. The quantitative estimate of drug-likeness (QED) is 0.693. The summed E-state index contributed by atoms with van der Waals surface area (Å²) < 4.78 is 1.57. The molecular weight excluding hydrogens is 342 g/mol. The molecule has 8 nitrogen and oxygen atoms in total. The SMILES string of the molecule is CCN(CC)c1ccc(NC(=O)Cc2c(C)nc3nc(N)nn3c2C)cc1. The minimum Gasteiger partial charge on any atom is -0.372 e. The normalized spacial score (nSPS) is 11.0. The van der Waals surface area contributed by atoms with Gasteiger partial charge in [-0.15, -0.1) is 5.10 Å². The van der Waals surface area contributed by atoms with Crippen LogP contribution in [0.15, 0.2) is 24.3 Å². The van der Waals surface area contributed by atoms with Crippen molar-refractivity contribution in [1.29, 1.82) is 0 Å². The standard InChI is InChI=1S/C19H25N7O/c1-5-25(6-2)15-9-7-14(8-10-15)22-17(27)11-16-12(3)21-19-23-18(20)24-26(19)13(16)4/h7-10H,5-6,11H2,1-4H3,(H2,20,24)(H,22,27). The highest BCUT2D eigenvalue weighted by atomic mass is 16.1. The van der Waals surface area contributed by atoms with E-state index in [0.29, 0.717) is 5.78 Å². The van der Waals surface area contributed by atoms with Gasteiger partial charge in [0.2, 0.25) is 11.9 Å². The van der Waals surface area contributed by atoms with Gasteiger partial charge in [-0.25, -0.2) is 4.98 Å². The fourth-order valence-electron chi connectivity index (χ4n) is 3.19. The number of rotatable bonds is 6. The van der Waals surface area contributed by atoms with Crippen LogP contribution in [-0.2, 0) is 11.2 Å². The number of nitrogens with two attached hydrogens (primary N) is 1. The minimum absolute atomic E-state index is 0.106. The summed E-state index contributed by atoms with van der Waals surface area (Å²) in [6, 6.07) is 7.88. The van der Waals surface area contributed by atoms with Crippen molar-refractivity contribution in [3.05, 3.63) is 41.2 Å². The average Bonchev–Trinajstić information content (AvgIpc) is 3.01. The lowest BCUT2D eigenvalue weighted by atomic mass is 10.1. The van der Waals surface area contributed by atoms with Crippen molar-refractivity contribution in [2.45, 2.75) is 34.1 Å². The molecule has 8 heteroatoms. The predicted octanol–water partition coefficient (Wildman–Crippen LogP) is 2.35. The van der Waals surface area contributed by atoms with Crippen LogP contribution in [-0.4, -0.2) is 38.6 Å². The van der Waals surface area contributed by atoms with Gasteiger partial charge < -0.3 is 16.0 Å². The van der Waals surface area contributed by atoms with E-state index in [9.17, 15) is 4.79 Å². The number of amides is 1. The molecule has 0 radical (unpaired) electrons. The lowest BCUT2D eigenvalue weighted by Crippen LogP contribution is -2.21. The highest BCUT2D eigenvalue weighted by Gasteiger charge is 2.15. The Bertz CT molecular complexity index is 958. The number of carbonyl (C=O) groups is 1. The van der Waals surface area contributed by atoms with E-state index in [4.69, 9.17) is 5.73 Å². The third kappa shape index (κ3) is 3.84. The molecule has 142 valence electrons. The maximum Gasteiger partial charge on any atom is 0.254 e. The van der Waals surface area contributed by atoms with E-state index in [1.54, 1.807) is 4.52 Å². The molecule has 0 aliphatic rings. The number of hydrogen-bond acceptors (Lipinski definition) is 6. The Balaban J connectivity index is 1.75. The highest BCUT2D eigenvalue weighted by molar-refractivity contribution is 5.92. The van der Waals surface area contributed by atoms with Crippen LogP contribution in [0.5, 0.6) is 0 Å². The fourth-order valence-corrected chi connectivity index (χ4v) is 3.19. The van der Waals surface area contributed by atoms with Crippen LogP contribution >= 0.6 is 0 Å². The Morgan fingerprint density at radius 1 is 1.15 bits per heavy atom. The first-order valence-electron chi connectivity index (χ1n) is 9.06. The van der Waals surface area contributed by atoms with Crippen LogP contribution in [0.25, 0.3) is 5.78 Å². The summed E-state index contributed by atoms with van der Waals surface area (Å²) in [5.74, 6) is 0.504. The molecule has 1 aromatic carbocycles. The van der Waals surface area contributed by atoms with E-state index in [1.807, 2.05) is 38.1 Å². The lowest BCUT2D eigenvalue weighted by Gasteiger charge is -2.21. The summed E-state index contributed by atoms with van der Waals surface area (Å²) >= 11 is 0. The lowest BCUT2D eigenvalue weighted by molar-refractivity contribution is -0.115. The molecule has 0 aliphatic carbocycles. The number of aryl methyl sites for hydroxylation is 2. The van der Waals surface area contributed by atoms with Crippen molar-refractivity contribution in [3.63, 3.8) is 0 Å². The van der Waals surface area contributed by atoms with Crippen LogP contribution < -0.4 is 16.0 Å². The Morgan fingerprint density at radius 2 is 1.81 bits per heavy atom. The predicted molar refractivity (Wildman–Crippen MR) is 107 cm³/mol. The zero-order valence-corrected chi connectivity index (χ0v) is 16.2. The van der Waals surface area contributed by atoms with Gasteiger partial charge >= 0.3 is 0 Å². The first-order valence-corrected chi connectivity index (χ1v) is 9.06. The van der Waals surface area contributed by atoms with Crippen LogP contribution in [0.3, 0.4) is 0 Å². The molecule has 0 aliphatic heterocycles. The zero-order valence-electron chi connectivity index (χ0n) is 16.2. The Hall–Kier alpha value is -3.16. The maximum atomic E-state index is 12.5. The molecule has 1 amide bonds. The molecule has 0 atom stereocenters. The van der Waals surface area contributed by atoms with Gasteiger partial charge in [0.05, 0.1) is 6.42 Å². The number of hydrogen-bond donors (Lipinski definition) is 2. The maximum absolute atomic E-state index is 12.5. The number of nitrogen functional groups attached to an aromatic ring is 1. The summed E-state index contributed by atoms with van der Waals surface area (Å²) in [5.41, 5.74) is 9.95. The van der Waals surface area contributed by atoms with E-state index in [-0.39, 0.29) is 18.3 Å². The van der Waals surface area contributed by atoms with Gasteiger partial charge in [-0.2, -0.15) is 9.50 Å². The van der Waals surface area contributed by atoms with Gasteiger partial charge in [-0.3, -0.25) is 4.79 Å². The number of nitrogens with one attached hydrogen (secondary N) is 1. The molecule has 3 N–H and O–H groups in total. The second-order valence-electron chi connectivity index (χ2n) is 6.39. The molecule has 0 unspecified atom stereocenters. The first kappa shape index (κ1) is 18.6. The molecule has 2 aromatic heterocycles. The molecule has 0 saturated carbocycles. The fraction of sp³-hybridized carbons (Fsp3) is 0.368. The molecule has 0 bridgehead atoms. The smallest absolute Gasteiger partial charge is 0.254 e. The number of carbonyl (C=O) groups excluding carboxylic acids is 1. The molecule has 2 heterocycles. The number of fused-ring (bicyclic) bond motifs is 1. The van der Waals surface area contributed by atoms with Crippen LogP contribution in [0.1, 0.15) is 30.8 Å². The number of nitrogens with zero attached hydrogens (tertiary/aromatic N) is 5. The Kier molecular flexibility index (Phi) is 5.25. The van der Waals surface area contributed by atoms with Gasteiger partial charge in [-0.1, -0.05) is 0 Å². The Morgan fingerprint density at radius 3 is 2.44 bits per heavy atom. The third-order valence-electron chi connectivity index (χ3n) is 4.68. The second kappa shape index (κ2) is 7.61. The molecule has 27 heavy (non-hydrogen) atoms. The molecular formula is C19H25N7O. The van der Waals surface area contributed by atoms with Crippen molar-refractivity contribution in [2.75, 3.05) is 29.0 Å². The van der Waals surface area contributed by atoms with E-state index >= 15 is 0 Å². The van der Waals surface area contributed by atoms with Gasteiger partial charge in [0.1, 0.15) is 0 Å². The van der Waals surface area contributed by atoms with E-state index in [2.05, 4.69) is 39.1 Å². The number of aromatic nitrogens is 4. The second-order valence-corrected chi connectivity index (χ2v) is 6.39. The topological polar surface area (TPSA) is 101 Å².